The molecule has 1 fully saturated rings. The van der Waals surface area contributed by atoms with E-state index in [0.29, 0.717) is 17.9 Å². The molecule has 0 saturated carbocycles. The smallest absolute Gasteiger partial charge is 0.222 e. The lowest BCUT2D eigenvalue weighted by Crippen LogP contribution is -2.42. The lowest BCUT2D eigenvalue weighted by molar-refractivity contribution is -0.130. The molecule has 1 saturated heterocycles. The third-order valence-electron chi connectivity index (χ3n) is 2.97. The van der Waals surface area contributed by atoms with Gasteiger partial charge in [-0.2, -0.15) is 0 Å². The van der Waals surface area contributed by atoms with Crippen molar-refractivity contribution in [3.8, 4) is 0 Å². The summed E-state index contributed by atoms with van der Waals surface area (Å²) in [4.78, 5) is 13.8. The summed E-state index contributed by atoms with van der Waals surface area (Å²) in [6.07, 6.45) is 2.89. The zero-order chi connectivity index (χ0) is 11.6. The summed E-state index contributed by atoms with van der Waals surface area (Å²) in [5.74, 6) is 0.912. The number of hydrogen-bond acceptors (Lipinski definition) is 1. The highest BCUT2D eigenvalue weighted by atomic mass is 127. The molecule has 1 heterocycles. The molecule has 1 aliphatic rings. The lowest BCUT2D eigenvalue weighted by atomic mass is 9.93. The van der Waals surface area contributed by atoms with Crippen LogP contribution in [0.4, 0.5) is 0 Å². The number of rotatable bonds is 4. The lowest BCUT2D eigenvalue weighted by Gasteiger charge is -2.35. The van der Waals surface area contributed by atoms with Crippen LogP contribution >= 0.6 is 22.6 Å². The second kappa shape index (κ2) is 5.02. The molecule has 0 N–H and O–H groups in total. The van der Waals surface area contributed by atoms with Gasteiger partial charge in [-0.3, -0.25) is 4.79 Å². The predicted molar refractivity (Wildman–Crippen MR) is 72.3 cm³/mol. The van der Waals surface area contributed by atoms with Crippen LogP contribution in [0.2, 0.25) is 0 Å². The average molecular weight is 323 g/mol. The molecule has 15 heavy (non-hydrogen) atoms. The van der Waals surface area contributed by atoms with Crippen LogP contribution < -0.4 is 0 Å². The van der Waals surface area contributed by atoms with Gasteiger partial charge in [0.1, 0.15) is 0 Å². The molecule has 1 unspecified atom stereocenters. The second-order valence-electron chi connectivity index (χ2n) is 5.42. The van der Waals surface area contributed by atoms with E-state index < -0.39 is 0 Å². The molecule has 0 aromatic heterocycles. The quantitative estimate of drug-likeness (QED) is 0.574. The van der Waals surface area contributed by atoms with E-state index in [-0.39, 0.29) is 3.42 Å². The molecule has 1 atom stereocenters. The Kier molecular flexibility index (Phi) is 4.44. The molecule has 0 radical (unpaired) electrons. The van der Waals surface area contributed by atoms with E-state index in [1.165, 1.54) is 0 Å². The highest BCUT2D eigenvalue weighted by molar-refractivity contribution is 14.1. The van der Waals surface area contributed by atoms with Crippen LogP contribution in [0.1, 0.15) is 47.0 Å². The molecule has 88 valence electrons. The zero-order valence-corrected chi connectivity index (χ0v) is 12.4. The summed E-state index contributed by atoms with van der Waals surface area (Å²) in [6, 6.07) is 0.423. The van der Waals surface area contributed by atoms with Gasteiger partial charge >= 0.3 is 0 Å². The maximum absolute atomic E-state index is 11.7. The van der Waals surface area contributed by atoms with Gasteiger partial charge in [0.15, 0.2) is 0 Å². The highest BCUT2D eigenvalue weighted by Crippen LogP contribution is 2.30. The average Bonchev–Trinajstić information content (AvgIpc) is 2.45. The van der Waals surface area contributed by atoms with Crippen LogP contribution in [0.5, 0.6) is 0 Å². The van der Waals surface area contributed by atoms with Crippen LogP contribution in [-0.2, 0) is 4.79 Å². The topological polar surface area (TPSA) is 20.3 Å². The number of carbonyl (C=O) groups excluding carboxylic acids is 1. The fourth-order valence-electron chi connectivity index (χ4n) is 2.22. The van der Waals surface area contributed by atoms with Crippen LogP contribution in [-0.4, -0.2) is 26.8 Å². The molecule has 0 aliphatic carbocycles. The van der Waals surface area contributed by atoms with Gasteiger partial charge in [0.25, 0.3) is 0 Å². The van der Waals surface area contributed by atoms with E-state index in [9.17, 15) is 4.79 Å². The standard InChI is InChI=1S/C12H22INO/c1-9(2)10(8-12(3,4)13)14-7-5-6-11(14)15/h9-10H,5-8H2,1-4H3. The first kappa shape index (κ1) is 13.3. The Hall–Kier alpha value is 0.200. The Morgan fingerprint density at radius 1 is 1.47 bits per heavy atom. The number of alkyl halides is 1. The number of nitrogens with zero attached hydrogens (tertiary/aromatic N) is 1. The van der Waals surface area contributed by atoms with Crippen LogP contribution in [0, 0.1) is 5.92 Å². The first-order valence-corrected chi connectivity index (χ1v) is 6.87. The van der Waals surface area contributed by atoms with Gasteiger partial charge in [-0.25, -0.2) is 0 Å². The Labute approximate surface area is 107 Å². The Morgan fingerprint density at radius 2 is 2.07 bits per heavy atom. The fourth-order valence-corrected chi connectivity index (χ4v) is 2.67. The van der Waals surface area contributed by atoms with Crippen molar-refractivity contribution in [2.75, 3.05) is 6.54 Å². The Bertz CT molecular complexity index is 232. The molecule has 3 heteroatoms. The van der Waals surface area contributed by atoms with Crippen molar-refractivity contribution in [3.63, 3.8) is 0 Å². The number of hydrogen-bond donors (Lipinski definition) is 0. The normalized spacial score (nSPS) is 20.1. The summed E-state index contributed by atoms with van der Waals surface area (Å²) in [5, 5.41) is 0. The molecule has 2 nitrogen and oxygen atoms in total. The molecule has 0 aromatic rings. The third kappa shape index (κ3) is 3.93. The van der Waals surface area contributed by atoms with Crippen molar-refractivity contribution in [2.24, 2.45) is 5.92 Å². The van der Waals surface area contributed by atoms with E-state index in [2.05, 4.69) is 55.2 Å². The van der Waals surface area contributed by atoms with Crippen molar-refractivity contribution < 1.29 is 4.79 Å². The molecule has 0 bridgehead atoms. The maximum Gasteiger partial charge on any atom is 0.222 e. The summed E-state index contributed by atoms with van der Waals surface area (Å²) < 4.78 is 0.273. The summed E-state index contributed by atoms with van der Waals surface area (Å²) in [7, 11) is 0. The molecule has 1 aliphatic heterocycles. The van der Waals surface area contributed by atoms with E-state index >= 15 is 0 Å². The largest absolute Gasteiger partial charge is 0.339 e. The Morgan fingerprint density at radius 3 is 2.40 bits per heavy atom. The van der Waals surface area contributed by atoms with Crippen molar-refractivity contribution in [3.05, 3.63) is 0 Å². The molecule has 1 amide bonds. The van der Waals surface area contributed by atoms with Gasteiger partial charge in [0, 0.05) is 22.4 Å². The third-order valence-corrected chi connectivity index (χ3v) is 3.41. The first-order valence-electron chi connectivity index (χ1n) is 5.79. The van der Waals surface area contributed by atoms with Gasteiger partial charge in [0.05, 0.1) is 0 Å². The maximum atomic E-state index is 11.7. The minimum atomic E-state index is 0.273. The van der Waals surface area contributed by atoms with Crippen LogP contribution in [0.15, 0.2) is 0 Å². The number of halogens is 1. The SMILES string of the molecule is CC(C)C(CC(C)(C)I)N1CCCC1=O. The Balaban J connectivity index is 2.69. The minimum Gasteiger partial charge on any atom is -0.339 e. The van der Waals surface area contributed by atoms with Gasteiger partial charge in [-0.1, -0.05) is 50.3 Å². The number of likely N-dealkylation sites (tertiary alicyclic amines) is 1. The van der Waals surface area contributed by atoms with Gasteiger partial charge in [0.2, 0.25) is 5.91 Å². The van der Waals surface area contributed by atoms with Crippen molar-refractivity contribution in [1.29, 1.82) is 0 Å². The highest BCUT2D eigenvalue weighted by Gasteiger charge is 2.32. The monoisotopic (exact) mass is 323 g/mol. The van der Waals surface area contributed by atoms with E-state index in [0.717, 1.165) is 25.8 Å². The summed E-state index contributed by atoms with van der Waals surface area (Å²) >= 11 is 2.48. The molecule has 0 aromatic carbocycles. The number of carbonyl (C=O) groups is 1. The van der Waals surface area contributed by atoms with Crippen molar-refractivity contribution in [1.82, 2.24) is 4.90 Å². The van der Waals surface area contributed by atoms with Crippen molar-refractivity contribution in [2.45, 2.75) is 56.4 Å². The first-order chi connectivity index (χ1) is 6.81. The minimum absolute atomic E-state index is 0.273. The van der Waals surface area contributed by atoms with Crippen LogP contribution in [0.25, 0.3) is 0 Å². The fraction of sp³-hybridized carbons (Fsp3) is 0.917. The zero-order valence-electron chi connectivity index (χ0n) is 10.2. The van der Waals surface area contributed by atoms with E-state index in [1.54, 1.807) is 0 Å². The second-order valence-corrected chi connectivity index (χ2v) is 8.35. The summed E-state index contributed by atoms with van der Waals surface area (Å²) in [5.41, 5.74) is 0. The van der Waals surface area contributed by atoms with E-state index in [4.69, 9.17) is 0 Å². The van der Waals surface area contributed by atoms with Gasteiger partial charge < -0.3 is 4.90 Å². The summed E-state index contributed by atoms with van der Waals surface area (Å²) in [6.45, 7) is 9.89. The van der Waals surface area contributed by atoms with Crippen LogP contribution in [0.3, 0.4) is 0 Å². The van der Waals surface area contributed by atoms with Crippen molar-refractivity contribution >= 4 is 28.5 Å². The molecule has 0 spiro atoms. The molecule has 1 rings (SSSR count). The van der Waals surface area contributed by atoms with E-state index in [1.807, 2.05) is 0 Å². The van der Waals surface area contributed by atoms with Gasteiger partial charge in [-0.05, 0) is 18.8 Å². The molecular weight excluding hydrogens is 301 g/mol. The molecular formula is C12H22INO. The predicted octanol–water partition coefficient (Wildman–Crippen LogP) is 3.24. The number of amides is 1. The van der Waals surface area contributed by atoms with Gasteiger partial charge in [-0.15, -0.1) is 0 Å².